The van der Waals surface area contributed by atoms with E-state index in [4.69, 9.17) is 0 Å². The van der Waals surface area contributed by atoms with Gasteiger partial charge >= 0.3 is 5.97 Å². The number of benzene rings is 1. The molecule has 0 spiro atoms. The quantitative estimate of drug-likeness (QED) is 0.460. The third-order valence-corrected chi connectivity index (χ3v) is 3.44. The van der Waals surface area contributed by atoms with Gasteiger partial charge in [0.1, 0.15) is 11.6 Å². The zero-order valence-electron chi connectivity index (χ0n) is 12.1. The predicted molar refractivity (Wildman–Crippen MR) is 71.5 cm³/mol. The van der Waals surface area contributed by atoms with Crippen molar-refractivity contribution in [3.8, 4) is 0 Å². The molecule has 1 aromatic rings. The molecule has 5 nitrogen and oxygen atoms in total. The van der Waals surface area contributed by atoms with Crippen molar-refractivity contribution >= 4 is 5.97 Å². The molecule has 0 N–H and O–H groups in total. The summed E-state index contributed by atoms with van der Waals surface area (Å²) in [6.07, 6.45) is 0.431. The lowest BCUT2D eigenvalue weighted by Crippen LogP contribution is -2.28. The second-order valence-electron chi connectivity index (χ2n) is 4.76. The van der Waals surface area contributed by atoms with Crippen LogP contribution in [0.15, 0.2) is 12.1 Å². The van der Waals surface area contributed by atoms with Gasteiger partial charge in [0, 0.05) is 10.5 Å². The number of methoxy groups -OCH3 is 1. The number of nitrogens with zero attached hydrogens (tertiary/aromatic N) is 1. The molecular weight excluding hydrogens is 284 g/mol. The van der Waals surface area contributed by atoms with Gasteiger partial charge in [-0.05, 0) is 24.1 Å². The van der Waals surface area contributed by atoms with Crippen LogP contribution in [-0.2, 0) is 16.0 Å². The monoisotopic (exact) mass is 301 g/mol. The highest BCUT2D eigenvalue weighted by molar-refractivity contribution is 5.73. The molecule has 1 aromatic carbocycles. The summed E-state index contributed by atoms with van der Waals surface area (Å²) in [5.74, 6) is -4.76. The summed E-state index contributed by atoms with van der Waals surface area (Å²) in [5.41, 5.74) is 0.00104. The number of halogens is 2. The van der Waals surface area contributed by atoms with Crippen LogP contribution in [0.25, 0.3) is 0 Å². The van der Waals surface area contributed by atoms with Crippen molar-refractivity contribution in [2.24, 2.45) is 5.92 Å². The minimum Gasteiger partial charge on any atom is -0.469 e. The van der Waals surface area contributed by atoms with Gasteiger partial charge in [0.25, 0.3) is 0 Å². The second-order valence-corrected chi connectivity index (χ2v) is 4.76. The van der Waals surface area contributed by atoms with Crippen LogP contribution in [0.1, 0.15) is 30.9 Å². The minimum absolute atomic E-state index is 0.431. The van der Waals surface area contributed by atoms with Gasteiger partial charge in [-0.3, -0.25) is 14.9 Å². The van der Waals surface area contributed by atoms with E-state index in [2.05, 4.69) is 4.74 Å². The van der Waals surface area contributed by atoms with E-state index in [1.165, 1.54) is 6.92 Å². The molecule has 0 saturated heterocycles. The fraction of sp³-hybridized carbons (Fsp3) is 0.500. The first-order valence-corrected chi connectivity index (χ1v) is 6.49. The number of rotatable bonds is 6. The van der Waals surface area contributed by atoms with Crippen molar-refractivity contribution in [3.05, 3.63) is 45.0 Å². The fourth-order valence-electron chi connectivity index (χ4n) is 2.21. The fourth-order valence-corrected chi connectivity index (χ4v) is 2.21. The number of esters is 1. The standard InChI is InChI=1S/C14H17F2NO4/c1-4-9-5-11(15)13(12(16)6-9)10(7-17(19)20)8(2)14(18)21-3/h5-6,8,10H,4,7H2,1-3H3/t8?,10-/m1/s1. The number of aryl methyl sites for hydroxylation is 1. The van der Waals surface area contributed by atoms with Crippen LogP contribution in [0.2, 0.25) is 0 Å². The molecule has 0 bridgehead atoms. The maximum atomic E-state index is 14.1. The molecular formula is C14H17F2NO4. The summed E-state index contributed by atoms with van der Waals surface area (Å²) >= 11 is 0. The van der Waals surface area contributed by atoms with Gasteiger partial charge in [-0.2, -0.15) is 0 Å². The minimum atomic E-state index is -1.22. The molecule has 116 valence electrons. The van der Waals surface area contributed by atoms with Crippen molar-refractivity contribution in [2.75, 3.05) is 13.7 Å². The highest BCUT2D eigenvalue weighted by Crippen LogP contribution is 2.31. The SMILES string of the molecule is CCc1cc(F)c([C@H](C[N+](=O)[O-])C(C)C(=O)OC)c(F)c1. The highest BCUT2D eigenvalue weighted by atomic mass is 19.1. The molecule has 21 heavy (non-hydrogen) atoms. The smallest absolute Gasteiger partial charge is 0.309 e. The Morgan fingerprint density at radius 3 is 2.29 bits per heavy atom. The number of carbonyl (C=O) groups is 1. The Labute approximate surface area is 121 Å². The summed E-state index contributed by atoms with van der Waals surface area (Å²) in [7, 11) is 1.12. The Morgan fingerprint density at radius 2 is 1.90 bits per heavy atom. The molecule has 0 aliphatic carbocycles. The van der Waals surface area contributed by atoms with E-state index < -0.39 is 46.5 Å². The summed E-state index contributed by atoms with van der Waals surface area (Å²) in [4.78, 5) is 21.6. The maximum Gasteiger partial charge on any atom is 0.309 e. The number of ether oxygens (including phenoxy) is 1. The van der Waals surface area contributed by atoms with Crippen molar-refractivity contribution in [1.29, 1.82) is 0 Å². The van der Waals surface area contributed by atoms with Gasteiger partial charge in [0.05, 0.1) is 18.9 Å². The van der Waals surface area contributed by atoms with E-state index in [1.807, 2.05) is 0 Å². The zero-order chi connectivity index (χ0) is 16.2. The van der Waals surface area contributed by atoms with Crippen LogP contribution >= 0.6 is 0 Å². The Kier molecular flexibility index (Phi) is 5.75. The molecule has 0 saturated carbocycles. The molecule has 1 rings (SSSR count). The van der Waals surface area contributed by atoms with E-state index in [-0.39, 0.29) is 0 Å². The van der Waals surface area contributed by atoms with Gasteiger partial charge in [-0.15, -0.1) is 0 Å². The molecule has 7 heteroatoms. The molecule has 0 amide bonds. The van der Waals surface area contributed by atoms with Crippen LogP contribution in [-0.4, -0.2) is 24.5 Å². The molecule has 1 unspecified atom stereocenters. The van der Waals surface area contributed by atoms with Gasteiger partial charge in [0.2, 0.25) is 6.54 Å². The number of hydrogen-bond acceptors (Lipinski definition) is 4. The second kappa shape index (κ2) is 7.10. The largest absolute Gasteiger partial charge is 0.469 e. The molecule has 2 atom stereocenters. The lowest BCUT2D eigenvalue weighted by molar-refractivity contribution is -0.484. The van der Waals surface area contributed by atoms with Crippen LogP contribution in [0, 0.1) is 27.7 Å². The third-order valence-electron chi connectivity index (χ3n) is 3.44. The van der Waals surface area contributed by atoms with Gasteiger partial charge in [-0.1, -0.05) is 13.8 Å². The molecule has 0 radical (unpaired) electrons. The van der Waals surface area contributed by atoms with E-state index in [0.717, 1.165) is 19.2 Å². The first-order chi connectivity index (χ1) is 9.81. The number of hydrogen-bond donors (Lipinski definition) is 0. The van der Waals surface area contributed by atoms with E-state index >= 15 is 0 Å². The van der Waals surface area contributed by atoms with Crippen molar-refractivity contribution < 1.29 is 23.2 Å². The number of nitro groups is 1. The Balaban J connectivity index is 3.32. The normalized spacial score (nSPS) is 13.6. The van der Waals surface area contributed by atoms with Crippen molar-refractivity contribution in [2.45, 2.75) is 26.2 Å². The summed E-state index contributed by atoms with van der Waals surface area (Å²) in [5, 5.41) is 10.8. The third kappa shape index (κ3) is 3.96. The average molecular weight is 301 g/mol. The average Bonchev–Trinajstić information content (AvgIpc) is 2.43. The number of carbonyl (C=O) groups excluding carboxylic acids is 1. The molecule has 0 heterocycles. The van der Waals surface area contributed by atoms with Crippen molar-refractivity contribution in [1.82, 2.24) is 0 Å². The molecule has 0 aliphatic heterocycles. The Hall–Kier alpha value is -2.05. The molecule has 0 fully saturated rings. The van der Waals surface area contributed by atoms with Crippen LogP contribution in [0.4, 0.5) is 8.78 Å². The first-order valence-electron chi connectivity index (χ1n) is 6.49. The molecule has 0 aromatic heterocycles. The van der Waals surface area contributed by atoms with E-state index in [1.54, 1.807) is 6.92 Å². The summed E-state index contributed by atoms with van der Waals surface area (Å²) in [6.45, 7) is 2.33. The van der Waals surface area contributed by atoms with Gasteiger partial charge in [0.15, 0.2) is 0 Å². The van der Waals surface area contributed by atoms with Gasteiger partial charge in [-0.25, -0.2) is 8.78 Å². The molecule has 0 aliphatic rings. The van der Waals surface area contributed by atoms with Crippen LogP contribution in [0.3, 0.4) is 0 Å². The van der Waals surface area contributed by atoms with E-state index in [9.17, 15) is 23.7 Å². The lowest BCUT2D eigenvalue weighted by atomic mass is 9.85. The lowest BCUT2D eigenvalue weighted by Gasteiger charge is -2.20. The Bertz CT molecular complexity index is 525. The maximum absolute atomic E-state index is 14.1. The first kappa shape index (κ1) is 17.0. The van der Waals surface area contributed by atoms with E-state index in [0.29, 0.717) is 12.0 Å². The topological polar surface area (TPSA) is 69.4 Å². The predicted octanol–water partition coefficient (Wildman–Crippen LogP) is 2.70. The summed E-state index contributed by atoms with van der Waals surface area (Å²) in [6, 6.07) is 2.27. The van der Waals surface area contributed by atoms with Crippen molar-refractivity contribution in [3.63, 3.8) is 0 Å². The van der Waals surface area contributed by atoms with Crippen LogP contribution in [0.5, 0.6) is 0 Å². The van der Waals surface area contributed by atoms with Crippen LogP contribution < -0.4 is 0 Å². The highest BCUT2D eigenvalue weighted by Gasteiger charge is 2.34. The van der Waals surface area contributed by atoms with Gasteiger partial charge < -0.3 is 4.74 Å². The summed E-state index contributed by atoms with van der Waals surface area (Å²) < 4.78 is 32.7. The zero-order valence-corrected chi connectivity index (χ0v) is 12.1. The Morgan fingerprint density at radius 1 is 1.38 bits per heavy atom.